The van der Waals surface area contributed by atoms with Gasteiger partial charge >= 0.3 is 0 Å². The SMILES string of the molecule is CC(C)CNc1ccc(S(=O)(=O)Nc2ccccc2)cc1[N+](=O)[O-]. The van der Waals surface area contributed by atoms with Gasteiger partial charge in [-0.3, -0.25) is 14.8 Å². The van der Waals surface area contributed by atoms with Crippen LogP contribution in [0.3, 0.4) is 0 Å². The van der Waals surface area contributed by atoms with E-state index in [4.69, 9.17) is 0 Å². The molecule has 0 radical (unpaired) electrons. The zero-order chi connectivity index (χ0) is 17.7. The van der Waals surface area contributed by atoms with Crippen LogP contribution in [-0.4, -0.2) is 19.9 Å². The summed E-state index contributed by atoms with van der Waals surface area (Å²) in [6, 6.07) is 12.2. The number of nitro benzene ring substituents is 1. The summed E-state index contributed by atoms with van der Waals surface area (Å²) in [6.07, 6.45) is 0. The maximum Gasteiger partial charge on any atom is 0.293 e. The highest BCUT2D eigenvalue weighted by molar-refractivity contribution is 7.92. The monoisotopic (exact) mass is 349 g/mol. The minimum Gasteiger partial charge on any atom is -0.379 e. The summed E-state index contributed by atoms with van der Waals surface area (Å²) in [5.74, 6) is 0.299. The molecule has 0 saturated heterocycles. The van der Waals surface area contributed by atoms with E-state index in [2.05, 4.69) is 10.0 Å². The summed E-state index contributed by atoms with van der Waals surface area (Å²) in [5, 5.41) is 14.2. The molecule has 0 amide bonds. The standard InChI is InChI=1S/C16H19N3O4S/c1-12(2)11-17-15-9-8-14(10-16(15)19(20)21)24(22,23)18-13-6-4-3-5-7-13/h3-10,12,17-18H,11H2,1-2H3. The molecule has 0 spiro atoms. The first-order valence-electron chi connectivity index (χ1n) is 7.40. The van der Waals surface area contributed by atoms with Crippen molar-refractivity contribution in [3.63, 3.8) is 0 Å². The van der Waals surface area contributed by atoms with Crippen molar-refractivity contribution >= 4 is 27.1 Å². The lowest BCUT2D eigenvalue weighted by atomic mass is 10.2. The summed E-state index contributed by atoms with van der Waals surface area (Å²) in [4.78, 5) is 10.5. The van der Waals surface area contributed by atoms with Crippen LogP contribution < -0.4 is 10.0 Å². The molecular weight excluding hydrogens is 330 g/mol. The van der Waals surface area contributed by atoms with Crippen molar-refractivity contribution in [1.29, 1.82) is 0 Å². The van der Waals surface area contributed by atoms with E-state index in [9.17, 15) is 18.5 Å². The van der Waals surface area contributed by atoms with Gasteiger partial charge in [0, 0.05) is 18.3 Å². The first-order valence-corrected chi connectivity index (χ1v) is 8.88. The van der Waals surface area contributed by atoms with Gasteiger partial charge in [-0.25, -0.2) is 8.42 Å². The molecule has 0 aliphatic carbocycles. The number of nitrogens with one attached hydrogen (secondary N) is 2. The second-order valence-electron chi connectivity index (χ2n) is 5.68. The molecule has 0 aliphatic rings. The Bertz CT molecular complexity index is 820. The average molecular weight is 349 g/mol. The van der Waals surface area contributed by atoms with Crippen molar-refractivity contribution in [3.8, 4) is 0 Å². The van der Waals surface area contributed by atoms with Crippen molar-refractivity contribution in [3.05, 3.63) is 58.6 Å². The van der Waals surface area contributed by atoms with Crippen LogP contribution in [-0.2, 0) is 10.0 Å². The van der Waals surface area contributed by atoms with Crippen LogP contribution in [0.1, 0.15) is 13.8 Å². The average Bonchev–Trinajstić information content (AvgIpc) is 2.53. The molecule has 7 nitrogen and oxygen atoms in total. The lowest BCUT2D eigenvalue weighted by molar-refractivity contribution is -0.384. The number of nitrogens with zero attached hydrogens (tertiary/aromatic N) is 1. The molecule has 0 fully saturated rings. The van der Waals surface area contributed by atoms with Gasteiger partial charge in [0.05, 0.1) is 9.82 Å². The Hall–Kier alpha value is -2.61. The van der Waals surface area contributed by atoms with Crippen LogP contribution in [0.4, 0.5) is 17.1 Å². The molecule has 0 atom stereocenters. The Morgan fingerprint density at radius 3 is 2.38 bits per heavy atom. The van der Waals surface area contributed by atoms with E-state index in [0.717, 1.165) is 6.07 Å². The molecule has 0 heterocycles. The van der Waals surface area contributed by atoms with Crippen LogP contribution in [0.2, 0.25) is 0 Å². The minimum absolute atomic E-state index is 0.159. The summed E-state index contributed by atoms with van der Waals surface area (Å²) >= 11 is 0. The topological polar surface area (TPSA) is 101 Å². The van der Waals surface area contributed by atoms with E-state index in [1.54, 1.807) is 30.3 Å². The molecule has 24 heavy (non-hydrogen) atoms. The van der Waals surface area contributed by atoms with E-state index >= 15 is 0 Å². The highest BCUT2D eigenvalue weighted by Crippen LogP contribution is 2.28. The molecule has 0 aliphatic heterocycles. The smallest absolute Gasteiger partial charge is 0.293 e. The van der Waals surface area contributed by atoms with E-state index < -0.39 is 14.9 Å². The summed E-state index contributed by atoms with van der Waals surface area (Å²) in [6.45, 7) is 4.50. The van der Waals surface area contributed by atoms with E-state index in [1.165, 1.54) is 12.1 Å². The number of nitro groups is 1. The molecule has 0 unspecified atom stereocenters. The zero-order valence-corrected chi connectivity index (χ0v) is 14.2. The summed E-state index contributed by atoms with van der Waals surface area (Å²) < 4.78 is 27.2. The molecule has 2 rings (SSSR count). The minimum atomic E-state index is -3.90. The Kier molecular flexibility index (Phi) is 5.40. The molecule has 0 saturated carbocycles. The highest BCUT2D eigenvalue weighted by Gasteiger charge is 2.21. The maximum absolute atomic E-state index is 12.4. The normalized spacial score (nSPS) is 11.3. The third-order valence-corrected chi connectivity index (χ3v) is 4.58. The number of anilines is 2. The van der Waals surface area contributed by atoms with Crippen LogP contribution in [0.5, 0.6) is 0 Å². The van der Waals surface area contributed by atoms with Gasteiger partial charge in [0.15, 0.2) is 0 Å². The number of rotatable bonds is 7. The van der Waals surface area contributed by atoms with Crippen LogP contribution in [0.25, 0.3) is 0 Å². The van der Waals surface area contributed by atoms with Gasteiger partial charge in [0.1, 0.15) is 5.69 Å². The van der Waals surface area contributed by atoms with Crippen molar-refractivity contribution < 1.29 is 13.3 Å². The van der Waals surface area contributed by atoms with Gasteiger partial charge in [-0.2, -0.15) is 0 Å². The second-order valence-corrected chi connectivity index (χ2v) is 7.36. The van der Waals surface area contributed by atoms with Crippen molar-refractivity contribution in [2.24, 2.45) is 5.92 Å². The first-order chi connectivity index (χ1) is 11.3. The summed E-state index contributed by atoms with van der Waals surface area (Å²) in [7, 11) is -3.90. The molecule has 2 aromatic rings. The fraction of sp³-hybridized carbons (Fsp3) is 0.250. The highest BCUT2D eigenvalue weighted by atomic mass is 32.2. The van der Waals surface area contributed by atoms with Gasteiger partial charge in [0.2, 0.25) is 0 Å². The predicted molar refractivity (Wildman–Crippen MR) is 93.7 cm³/mol. The molecular formula is C16H19N3O4S. The lowest BCUT2D eigenvalue weighted by Gasteiger charge is -2.12. The third kappa shape index (κ3) is 4.45. The van der Waals surface area contributed by atoms with E-state index in [1.807, 2.05) is 13.8 Å². The quantitative estimate of drug-likeness (QED) is 0.589. The van der Waals surface area contributed by atoms with Gasteiger partial charge in [0.25, 0.3) is 15.7 Å². The van der Waals surface area contributed by atoms with E-state index in [-0.39, 0.29) is 10.6 Å². The molecule has 2 aromatic carbocycles. The first kappa shape index (κ1) is 17.7. The Morgan fingerprint density at radius 2 is 1.79 bits per heavy atom. The Balaban J connectivity index is 2.33. The third-order valence-electron chi connectivity index (χ3n) is 3.20. The molecule has 0 bridgehead atoms. The van der Waals surface area contributed by atoms with Gasteiger partial charge in [-0.1, -0.05) is 32.0 Å². The van der Waals surface area contributed by atoms with Crippen LogP contribution in [0.15, 0.2) is 53.4 Å². The second kappa shape index (κ2) is 7.31. The zero-order valence-electron chi connectivity index (χ0n) is 13.4. The number of hydrogen-bond donors (Lipinski definition) is 2. The van der Waals surface area contributed by atoms with Gasteiger partial charge in [-0.15, -0.1) is 0 Å². The maximum atomic E-state index is 12.4. The van der Waals surface area contributed by atoms with Crippen molar-refractivity contribution in [2.45, 2.75) is 18.7 Å². The summed E-state index contributed by atoms with van der Waals surface area (Å²) in [5.41, 5.74) is 0.418. The number of para-hydroxylation sites is 1. The molecule has 128 valence electrons. The van der Waals surface area contributed by atoms with Crippen LogP contribution >= 0.6 is 0 Å². The van der Waals surface area contributed by atoms with E-state index in [0.29, 0.717) is 23.8 Å². The molecule has 0 aromatic heterocycles. The van der Waals surface area contributed by atoms with Crippen molar-refractivity contribution in [2.75, 3.05) is 16.6 Å². The van der Waals surface area contributed by atoms with Crippen LogP contribution in [0, 0.1) is 16.0 Å². The number of sulfonamides is 1. The molecule has 8 heteroatoms. The largest absolute Gasteiger partial charge is 0.379 e. The fourth-order valence-electron chi connectivity index (χ4n) is 2.01. The Morgan fingerprint density at radius 1 is 1.12 bits per heavy atom. The molecule has 2 N–H and O–H groups in total. The Labute approximate surface area is 140 Å². The van der Waals surface area contributed by atoms with Gasteiger partial charge < -0.3 is 5.32 Å². The van der Waals surface area contributed by atoms with Gasteiger partial charge in [-0.05, 0) is 30.2 Å². The number of benzene rings is 2. The predicted octanol–water partition coefficient (Wildman–Crippen LogP) is 3.46. The fourth-order valence-corrected chi connectivity index (χ4v) is 3.09. The lowest BCUT2D eigenvalue weighted by Crippen LogP contribution is -2.14. The van der Waals surface area contributed by atoms with Crippen molar-refractivity contribution in [1.82, 2.24) is 0 Å². The number of hydrogen-bond acceptors (Lipinski definition) is 5.